The Labute approximate surface area is 165 Å². The summed E-state index contributed by atoms with van der Waals surface area (Å²) in [4.78, 5) is 20.3. The highest BCUT2D eigenvalue weighted by Crippen LogP contribution is 2.26. The van der Waals surface area contributed by atoms with Crippen LogP contribution in [0.4, 0.5) is 17.3 Å². The first-order valence-corrected chi connectivity index (χ1v) is 9.04. The number of H-pyrrole nitrogens is 1. The number of aromatic amines is 1. The van der Waals surface area contributed by atoms with Crippen molar-refractivity contribution >= 4 is 39.3 Å². The molecule has 142 valence electrons. The Morgan fingerprint density at radius 1 is 0.966 bits per heavy atom. The highest BCUT2D eigenvalue weighted by Gasteiger charge is 2.08. The molecule has 0 saturated carbocycles. The van der Waals surface area contributed by atoms with Gasteiger partial charge in [0, 0.05) is 11.1 Å². The summed E-state index contributed by atoms with van der Waals surface area (Å²) in [5, 5.41) is 4.11. The summed E-state index contributed by atoms with van der Waals surface area (Å²) in [5.41, 5.74) is 10.1. The summed E-state index contributed by atoms with van der Waals surface area (Å²) in [6.45, 7) is 0.453. The van der Waals surface area contributed by atoms with Crippen molar-refractivity contribution in [2.45, 2.75) is 6.61 Å². The highest BCUT2D eigenvalue weighted by molar-refractivity contribution is 5.92. The van der Waals surface area contributed by atoms with Crippen LogP contribution in [0.3, 0.4) is 0 Å². The van der Waals surface area contributed by atoms with Crippen molar-refractivity contribution in [1.82, 2.24) is 24.9 Å². The number of aromatic nitrogens is 5. The molecule has 0 atom stereocenters. The summed E-state index contributed by atoms with van der Waals surface area (Å²) < 4.78 is 5.78. The summed E-state index contributed by atoms with van der Waals surface area (Å²) in [6.07, 6.45) is 3.12. The van der Waals surface area contributed by atoms with Gasteiger partial charge in [0.15, 0.2) is 0 Å². The second-order valence-corrected chi connectivity index (χ2v) is 6.52. The third kappa shape index (κ3) is 3.51. The van der Waals surface area contributed by atoms with Crippen LogP contribution in [0.5, 0.6) is 6.01 Å². The predicted molar refractivity (Wildman–Crippen MR) is 112 cm³/mol. The predicted octanol–water partition coefficient (Wildman–Crippen LogP) is 3.81. The minimum Gasteiger partial charge on any atom is -0.460 e. The van der Waals surface area contributed by atoms with Crippen LogP contribution in [-0.2, 0) is 6.61 Å². The first-order valence-electron chi connectivity index (χ1n) is 9.04. The summed E-state index contributed by atoms with van der Waals surface area (Å²) in [7, 11) is 0. The van der Waals surface area contributed by atoms with E-state index in [2.05, 4.69) is 30.2 Å². The van der Waals surface area contributed by atoms with Gasteiger partial charge < -0.3 is 20.8 Å². The van der Waals surface area contributed by atoms with Gasteiger partial charge in [-0.05, 0) is 29.8 Å². The fourth-order valence-electron chi connectivity index (χ4n) is 3.07. The number of fused-ring (bicyclic) bond motifs is 2. The lowest BCUT2D eigenvalue weighted by Gasteiger charge is -2.08. The van der Waals surface area contributed by atoms with Gasteiger partial charge in [0.25, 0.3) is 6.01 Å². The van der Waals surface area contributed by atoms with Crippen LogP contribution < -0.4 is 15.8 Å². The molecule has 0 spiro atoms. The van der Waals surface area contributed by atoms with Gasteiger partial charge in [0.2, 0.25) is 0 Å². The average Bonchev–Trinajstić information content (AvgIpc) is 3.16. The van der Waals surface area contributed by atoms with Crippen LogP contribution in [0.1, 0.15) is 5.56 Å². The van der Waals surface area contributed by atoms with Gasteiger partial charge in [-0.1, -0.05) is 30.3 Å². The fraction of sp³-hybridized carbons (Fsp3) is 0.0476. The second-order valence-electron chi connectivity index (χ2n) is 6.52. The largest absolute Gasteiger partial charge is 0.460 e. The van der Waals surface area contributed by atoms with Gasteiger partial charge in [-0.15, -0.1) is 0 Å². The van der Waals surface area contributed by atoms with Crippen molar-refractivity contribution in [3.05, 3.63) is 72.7 Å². The number of nitrogens with one attached hydrogen (secondary N) is 2. The molecule has 2 aromatic carbocycles. The molecule has 0 unspecified atom stereocenters. The number of ether oxygens (including phenoxy) is 1. The Morgan fingerprint density at radius 3 is 2.76 bits per heavy atom. The van der Waals surface area contributed by atoms with Gasteiger partial charge >= 0.3 is 0 Å². The molecule has 8 nitrogen and oxygen atoms in total. The number of hydrogen-bond acceptors (Lipinski definition) is 7. The van der Waals surface area contributed by atoms with E-state index in [0.717, 1.165) is 33.2 Å². The van der Waals surface area contributed by atoms with Gasteiger partial charge in [-0.25, -0.2) is 15.0 Å². The molecule has 0 bridgehead atoms. The quantitative estimate of drug-likeness (QED) is 0.423. The van der Waals surface area contributed by atoms with Gasteiger partial charge in [0.1, 0.15) is 24.6 Å². The molecule has 3 aromatic heterocycles. The van der Waals surface area contributed by atoms with Gasteiger partial charge in [-0.3, -0.25) is 0 Å². The number of imidazole rings is 1. The van der Waals surface area contributed by atoms with E-state index in [9.17, 15) is 0 Å². The Kier molecular flexibility index (Phi) is 4.14. The van der Waals surface area contributed by atoms with Crippen LogP contribution >= 0.6 is 0 Å². The third-order valence-corrected chi connectivity index (χ3v) is 4.48. The zero-order chi connectivity index (χ0) is 19.6. The average molecular weight is 383 g/mol. The van der Waals surface area contributed by atoms with E-state index in [-0.39, 0.29) is 0 Å². The molecular weight excluding hydrogens is 366 g/mol. The van der Waals surface area contributed by atoms with E-state index in [1.807, 2.05) is 48.5 Å². The molecular formula is C21H17N7O. The van der Waals surface area contributed by atoms with Crippen molar-refractivity contribution in [1.29, 1.82) is 0 Å². The van der Waals surface area contributed by atoms with Crippen LogP contribution in [0.25, 0.3) is 21.9 Å². The fourth-order valence-corrected chi connectivity index (χ4v) is 3.07. The number of anilines is 3. The molecule has 29 heavy (non-hydrogen) atoms. The lowest BCUT2D eigenvalue weighted by atomic mass is 10.2. The van der Waals surface area contributed by atoms with Crippen molar-refractivity contribution in [2.24, 2.45) is 0 Å². The van der Waals surface area contributed by atoms with Crippen LogP contribution in [0.15, 0.2) is 67.1 Å². The van der Waals surface area contributed by atoms with Crippen molar-refractivity contribution in [3.8, 4) is 6.01 Å². The number of nitrogens with two attached hydrogens (primary N) is 1. The molecule has 0 amide bonds. The molecule has 0 aliphatic heterocycles. The minimum absolute atomic E-state index is 0.416. The minimum atomic E-state index is 0.416. The van der Waals surface area contributed by atoms with E-state index >= 15 is 0 Å². The number of hydrogen-bond donors (Lipinski definition) is 3. The lowest BCUT2D eigenvalue weighted by molar-refractivity contribution is 0.285. The molecule has 3 heterocycles. The number of nitrogens with zero attached hydrogens (tertiary/aromatic N) is 4. The lowest BCUT2D eigenvalue weighted by Crippen LogP contribution is -1.98. The monoisotopic (exact) mass is 383 g/mol. The van der Waals surface area contributed by atoms with Crippen molar-refractivity contribution in [2.75, 3.05) is 11.1 Å². The second kappa shape index (κ2) is 7.08. The summed E-state index contributed by atoms with van der Waals surface area (Å²) in [6, 6.07) is 18.0. The maximum absolute atomic E-state index is 5.81. The van der Waals surface area contributed by atoms with E-state index in [1.165, 1.54) is 6.33 Å². The van der Waals surface area contributed by atoms with E-state index in [4.69, 9.17) is 10.5 Å². The first kappa shape index (κ1) is 16.9. The van der Waals surface area contributed by atoms with E-state index in [0.29, 0.717) is 24.3 Å². The molecule has 5 aromatic rings. The molecule has 0 fully saturated rings. The van der Waals surface area contributed by atoms with Gasteiger partial charge in [-0.2, -0.15) is 4.98 Å². The normalized spacial score (nSPS) is 11.0. The number of rotatable bonds is 5. The molecule has 8 heteroatoms. The Balaban J connectivity index is 1.40. The third-order valence-electron chi connectivity index (χ3n) is 4.48. The first-order chi connectivity index (χ1) is 14.2. The molecule has 5 rings (SSSR count). The van der Waals surface area contributed by atoms with Crippen molar-refractivity contribution in [3.63, 3.8) is 0 Å². The summed E-state index contributed by atoms with van der Waals surface area (Å²) >= 11 is 0. The zero-order valence-corrected chi connectivity index (χ0v) is 15.3. The molecule has 0 radical (unpaired) electrons. The number of benzene rings is 2. The molecule has 4 N–H and O–H groups in total. The molecule has 0 aliphatic rings. The zero-order valence-electron chi connectivity index (χ0n) is 15.3. The Hall–Kier alpha value is -4.20. The smallest absolute Gasteiger partial charge is 0.294 e. The van der Waals surface area contributed by atoms with Gasteiger partial charge in [0.05, 0.1) is 22.7 Å². The molecule has 0 aliphatic carbocycles. The van der Waals surface area contributed by atoms with Crippen LogP contribution in [0, 0.1) is 0 Å². The van der Waals surface area contributed by atoms with Crippen molar-refractivity contribution < 1.29 is 4.74 Å². The van der Waals surface area contributed by atoms with E-state index in [1.54, 1.807) is 12.3 Å². The van der Waals surface area contributed by atoms with Crippen LogP contribution in [-0.4, -0.2) is 24.9 Å². The Bertz CT molecular complexity index is 1300. The topological polar surface area (TPSA) is 115 Å². The SMILES string of the molecule is Nc1cc2c(Nc3ccc4nc(OCc5ccccc5)[nH]c4c3)ncnc2cn1. The number of nitrogen functional groups attached to an aromatic ring is 1. The van der Waals surface area contributed by atoms with Crippen LogP contribution in [0.2, 0.25) is 0 Å². The molecule has 0 saturated heterocycles. The maximum atomic E-state index is 5.81. The maximum Gasteiger partial charge on any atom is 0.294 e. The standard InChI is InChI=1S/C21H17N7O/c22-19-9-15-18(10-23-19)24-12-25-20(15)26-14-6-7-16-17(8-14)28-21(27-16)29-11-13-4-2-1-3-5-13/h1-10,12H,11H2,(H2,22,23)(H,27,28)(H,24,25,26). The Morgan fingerprint density at radius 2 is 1.86 bits per heavy atom. The van der Waals surface area contributed by atoms with E-state index < -0.39 is 0 Å². The summed E-state index contributed by atoms with van der Waals surface area (Å²) in [5.74, 6) is 1.07. The highest BCUT2D eigenvalue weighted by atomic mass is 16.5. The number of pyridine rings is 1.